The third-order valence-electron chi connectivity index (χ3n) is 5.09. The minimum Gasteiger partial charge on any atom is -0.466 e. The Balaban J connectivity index is 2.40. The van der Waals surface area contributed by atoms with Crippen LogP contribution in [0, 0.1) is 0 Å². The summed E-state index contributed by atoms with van der Waals surface area (Å²) in [5, 5.41) is 0.0871. The molecule has 0 radical (unpaired) electrons. The molecule has 3 aromatic rings. The number of ether oxygens (including phenoxy) is 1. The molecule has 9 heteroatoms. The van der Waals surface area contributed by atoms with Gasteiger partial charge in [-0.05, 0) is 35.9 Å². The second-order valence-electron chi connectivity index (χ2n) is 7.10. The standard InChI is InChI=1S/C24H21ClO6S2/c1-17(23(26)31-2)22(20-15-9-10-16-21(20)25)24(32(27,28)18-11-5-3-6-12-18)33(29,30)19-13-7-4-8-14-19/h3-16,22,24H,1H2,2H3. The van der Waals surface area contributed by atoms with Gasteiger partial charge in [-0.3, -0.25) is 0 Å². The number of benzene rings is 3. The van der Waals surface area contributed by atoms with Gasteiger partial charge in [0.15, 0.2) is 24.3 Å². The molecule has 172 valence electrons. The number of esters is 1. The first kappa shape index (κ1) is 24.7. The molecule has 0 aliphatic rings. The molecule has 0 heterocycles. The van der Waals surface area contributed by atoms with Gasteiger partial charge in [-0.15, -0.1) is 0 Å². The fourth-order valence-electron chi connectivity index (χ4n) is 3.50. The van der Waals surface area contributed by atoms with E-state index in [0.717, 1.165) is 7.11 Å². The zero-order valence-corrected chi connectivity index (χ0v) is 20.0. The Morgan fingerprint density at radius 2 is 1.21 bits per heavy atom. The van der Waals surface area contributed by atoms with Crippen LogP contribution in [-0.2, 0) is 29.2 Å². The molecule has 6 nitrogen and oxygen atoms in total. The minimum atomic E-state index is -4.57. The first-order valence-electron chi connectivity index (χ1n) is 9.71. The molecule has 3 aromatic carbocycles. The van der Waals surface area contributed by atoms with E-state index in [4.69, 9.17) is 16.3 Å². The van der Waals surface area contributed by atoms with Crippen molar-refractivity contribution in [2.24, 2.45) is 0 Å². The number of halogens is 1. The van der Waals surface area contributed by atoms with Crippen molar-refractivity contribution >= 4 is 37.2 Å². The average Bonchev–Trinajstić information content (AvgIpc) is 2.83. The summed E-state index contributed by atoms with van der Waals surface area (Å²) in [6, 6.07) is 20.5. The summed E-state index contributed by atoms with van der Waals surface area (Å²) < 4.78 is 58.1. The minimum absolute atomic E-state index is 0.0871. The maximum absolute atomic E-state index is 13.9. The lowest BCUT2D eigenvalue weighted by Crippen LogP contribution is -2.38. The number of sulfone groups is 2. The summed E-state index contributed by atoms with van der Waals surface area (Å²) in [6.45, 7) is 3.72. The largest absolute Gasteiger partial charge is 0.466 e. The van der Waals surface area contributed by atoms with E-state index in [-0.39, 0.29) is 26.0 Å². The Bertz CT molecular complexity index is 1300. The normalized spacial score (nSPS) is 12.8. The van der Waals surface area contributed by atoms with Crippen LogP contribution >= 0.6 is 11.6 Å². The van der Waals surface area contributed by atoms with Crippen LogP contribution in [0.15, 0.2) is 107 Å². The molecule has 0 saturated carbocycles. The first-order valence-corrected chi connectivity index (χ1v) is 13.2. The average molecular weight is 505 g/mol. The summed E-state index contributed by atoms with van der Waals surface area (Å²) in [6.07, 6.45) is 0. The van der Waals surface area contributed by atoms with Crippen LogP contribution in [0.25, 0.3) is 0 Å². The van der Waals surface area contributed by atoms with Crippen LogP contribution in [0.5, 0.6) is 0 Å². The number of methoxy groups -OCH3 is 1. The molecular formula is C24H21ClO6S2. The fraction of sp³-hybridized carbons (Fsp3) is 0.125. The Morgan fingerprint density at radius 1 is 0.788 bits per heavy atom. The summed E-state index contributed by atoms with van der Waals surface area (Å²) in [5.41, 5.74) is -0.229. The van der Waals surface area contributed by atoms with Gasteiger partial charge in [-0.1, -0.05) is 72.8 Å². The van der Waals surface area contributed by atoms with E-state index in [2.05, 4.69) is 6.58 Å². The van der Waals surface area contributed by atoms with Gasteiger partial charge in [-0.2, -0.15) is 0 Å². The molecule has 0 bridgehead atoms. The van der Waals surface area contributed by atoms with Gasteiger partial charge < -0.3 is 4.74 Å². The van der Waals surface area contributed by atoms with Crippen LogP contribution in [0.4, 0.5) is 0 Å². The predicted molar refractivity (Wildman–Crippen MR) is 126 cm³/mol. The van der Waals surface area contributed by atoms with Crippen molar-refractivity contribution in [2.45, 2.75) is 20.3 Å². The smallest absolute Gasteiger partial charge is 0.333 e. The van der Waals surface area contributed by atoms with E-state index in [1.807, 2.05) is 0 Å². The first-order chi connectivity index (χ1) is 15.6. The summed E-state index contributed by atoms with van der Waals surface area (Å²) in [7, 11) is -8.05. The van der Waals surface area contributed by atoms with Gasteiger partial charge in [0.25, 0.3) is 0 Å². The third-order valence-corrected chi connectivity index (χ3v) is 10.6. The quantitative estimate of drug-likeness (QED) is 0.333. The lowest BCUT2D eigenvalue weighted by atomic mass is 9.93. The monoisotopic (exact) mass is 504 g/mol. The third kappa shape index (κ3) is 4.88. The van der Waals surface area contributed by atoms with Gasteiger partial charge in [0.2, 0.25) is 0 Å². The van der Waals surface area contributed by atoms with Gasteiger partial charge in [0.1, 0.15) is 0 Å². The Morgan fingerprint density at radius 3 is 1.64 bits per heavy atom. The van der Waals surface area contributed by atoms with Gasteiger partial charge in [-0.25, -0.2) is 21.6 Å². The SMILES string of the molecule is C=C(C(=O)OC)C(c1ccccc1Cl)C(S(=O)(=O)c1ccccc1)S(=O)(=O)c1ccccc1. The van der Waals surface area contributed by atoms with Crippen LogP contribution in [0.1, 0.15) is 11.5 Å². The van der Waals surface area contributed by atoms with E-state index >= 15 is 0 Å². The van der Waals surface area contributed by atoms with Crippen LogP contribution in [0.3, 0.4) is 0 Å². The molecule has 3 rings (SSSR count). The maximum atomic E-state index is 13.9. The summed E-state index contributed by atoms with van der Waals surface area (Å²) >= 11 is 6.36. The Kier molecular flexibility index (Phi) is 7.41. The highest BCUT2D eigenvalue weighted by molar-refractivity contribution is 8.09. The van der Waals surface area contributed by atoms with Gasteiger partial charge in [0, 0.05) is 16.5 Å². The molecular weight excluding hydrogens is 484 g/mol. The maximum Gasteiger partial charge on any atom is 0.333 e. The lowest BCUT2D eigenvalue weighted by Gasteiger charge is -2.28. The van der Waals surface area contributed by atoms with E-state index in [0.29, 0.717) is 0 Å². The molecule has 0 aliphatic heterocycles. The molecule has 0 aromatic heterocycles. The number of rotatable bonds is 8. The molecule has 33 heavy (non-hydrogen) atoms. The van der Waals surface area contributed by atoms with Crippen molar-refractivity contribution < 1.29 is 26.4 Å². The zero-order chi connectivity index (χ0) is 24.2. The second kappa shape index (κ2) is 9.91. The van der Waals surface area contributed by atoms with Crippen molar-refractivity contribution in [3.63, 3.8) is 0 Å². The molecule has 0 saturated heterocycles. The van der Waals surface area contributed by atoms with Crippen molar-refractivity contribution in [3.05, 3.63) is 108 Å². The predicted octanol–water partition coefficient (Wildman–Crippen LogP) is 4.43. The van der Waals surface area contributed by atoms with Crippen LogP contribution in [-0.4, -0.2) is 34.5 Å². The highest BCUT2D eigenvalue weighted by Gasteiger charge is 2.49. The van der Waals surface area contributed by atoms with E-state index in [9.17, 15) is 21.6 Å². The summed E-state index contributed by atoms with van der Waals surface area (Å²) in [4.78, 5) is 12.1. The molecule has 0 aliphatic carbocycles. The lowest BCUT2D eigenvalue weighted by molar-refractivity contribution is -0.136. The number of carbonyl (C=O) groups is 1. The van der Waals surface area contributed by atoms with Gasteiger partial charge >= 0.3 is 5.97 Å². The highest BCUT2D eigenvalue weighted by atomic mass is 35.5. The number of carbonyl (C=O) groups excluding carboxylic acids is 1. The van der Waals surface area contributed by atoms with Crippen LogP contribution < -0.4 is 0 Å². The molecule has 0 fully saturated rings. The zero-order valence-electron chi connectivity index (χ0n) is 17.6. The van der Waals surface area contributed by atoms with Crippen molar-refractivity contribution in [2.75, 3.05) is 7.11 Å². The van der Waals surface area contributed by atoms with E-state index in [1.54, 1.807) is 24.3 Å². The number of hydrogen-bond acceptors (Lipinski definition) is 6. The Hall–Kier alpha value is -2.94. The number of hydrogen-bond donors (Lipinski definition) is 0. The van der Waals surface area contributed by atoms with Gasteiger partial charge in [0.05, 0.1) is 16.9 Å². The fourth-order valence-corrected chi connectivity index (χ4v) is 8.70. The van der Waals surface area contributed by atoms with Crippen molar-refractivity contribution in [1.82, 2.24) is 0 Å². The Labute approximate surface area is 198 Å². The molecule has 0 amide bonds. The second-order valence-corrected chi connectivity index (χ2v) is 11.9. The van der Waals surface area contributed by atoms with E-state index < -0.39 is 36.1 Å². The van der Waals surface area contributed by atoms with Crippen LogP contribution in [0.2, 0.25) is 5.02 Å². The molecule has 0 N–H and O–H groups in total. The topological polar surface area (TPSA) is 94.6 Å². The molecule has 0 spiro atoms. The summed E-state index contributed by atoms with van der Waals surface area (Å²) in [5.74, 6) is -2.49. The van der Waals surface area contributed by atoms with Crippen molar-refractivity contribution in [1.29, 1.82) is 0 Å². The molecule has 1 atom stereocenters. The van der Waals surface area contributed by atoms with E-state index in [1.165, 1.54) is 60.7 Å². The highest BCUT2D eigenvalue weighted by Crippen LogP contribution is 2.42. The van der Waals surface area contributed by atoms with Crippen molar-refractivity contribution in [3.8, 4) is 0 Å². The molecule has 1 unspecified atom stereocenters.